The highest BCUT2D eigenvalue weighted by Gasteiger charge is 2.25. The van der Waals surface area contributed by atoms with Crippen LogP contribution in [0.1, 0.15) is 24.3 Å². The number of anilines is 1. The number of rotatable bonds is 5. The summed E-state index contributed by atoms with van der Waals surface area (Å²) in [7, 11) is 0. The average Bonchev–Trinajstić information content (AvgIpc) is 2.95. The predicted molar refractivity (Wildman–Crippen MR) is 78.6 cm³/mol. The smallest absolute Gasteiger partial charge is 0.360 e. The van der Waals surface area contributed by atoms with Gasteiger partial charge in [0, 0.05) is 13.1 Å². The molecular formula is C13H19N3O4S. The van der Waals surface area contributed by atoms with Gasteiger partial charge >= 0.3 is 5.97 Å². The van der Waals surface area contributed by atoms with Gasteiger partial charge in [-0.05, 0) is 13.8 Å². The Hall–Kier alpha value is -1.67. The van der Waals surface area contributed by atoms with Crippen molar-refractivity contribution in [1.82, 2.24) is 9.88 Å². The Morgan fingerprint density at radius 1 is 1.52 bits per heavy atom. The number of nitrogens with one attached hydrogen (secondary N) is 1. The summed E-state index contributed by atoms with van der Waals surface area (Å²) in [6.07, 6.45) is 0. The van der Waals surface area contributed by atoms with E-state index in [1.165, 1.54) is 11.3 Å². The average molecular weight is 313 g/mol. The van der Waals surface area contributed by atoms with Gasteiger partial charge in [-0.15, -0.1) is 11.3 Å². The number of esters is 1. The van der Waals surface area contributed by atoms with E-state index in [1.807, 2.05) is 0 Å². The molecule has 116 valence electrons. The monoisotopic (exact) mass is 313 g/mol. The van der Waals surface area contributed by atoms with Gasteiger partial charge in [0.1, 0.15) is 11.0 Å². The number of thiazole rings is 1. The van der Waals surface area contributed by atoms with Crippen LogP contribution in [0.25, 0.3) is 0 Å². The fourth-order valence-electron chi connectivity index (χ4n) is 2.01. The summed E-state index contributed by atoms with van der Waals surface area (Å²) in [5.41, 5.74) is 1.78. The minimum atomic E-state index is -0.479. The lowest BCUT2D eigenvalue weighted by molar-refractivity contribution is -0.135. The van der Waals surface area contributed by atoms with E-state index in [1.54, 1.807) is 24.3 Å². The minimum absolute atomic E-state index is 0.0125. The summed E-state index contributed by atoms with van der Waals surface area (Å²) in [4.78, 5) is 29.8. The Labute approximate surface area is 127 Å². The second kappa shape index (κ2) is 7.37. The molecule has 0 aromatic carbocycles. The highest BCUT2D eigenvalue weighted by Crippen LogP contribution is 2.22. The fraction of sp³-hybridized carbons (Fsp3) is 0.615. The second-order valence-electron chi connectivity index (χ2n) is 4.55. The molecule has 0 aliphatic carbocycles. The van der Waals surface area contributed by atoms with Crippen LogP contribution in [-0.2, 0) is 14.3 Å². The second-order valence-corrected chi connectivity index (χ2v) is 5.41. The third-order valence-corrected chi connectivity index (χ3v) is 3.83. The maximum Gasteiger partial charge on any atom is 0.360 e. The predicted octanol–water partition coefficient (Wildman–Crippen LogP) is 0.979. The van der Waals surface area contributed by atoms with Crippen molar-refractivity contribution in [3.63, 3.8) is 0 Å². The summed E-state index contributed by atoms with van der Waals surface area (Å²) in [5, 5.41) is 3.61. The largest absolute Gasteiger partial charge is 0.461 e. The van der Waals surface area contributed by atoms with E-state index in [-0.39, 0.29) is 18.2 Å². The summed E-state index contributed by atoms with van der Waals surface area (Å²) >= 11 is 1.28. The molecule has 21 heavy (non-hydrogen) atoms. The Kier molecular flexibility index (Phi) is 5.51. The fourth-order valence-corrected chi connectivity index (χ4v) is 2.77. The zero-order valence-corrected chi connectivity index (χ0v) is 12.9. The molecule has 0 saturated carbocycles. The Bertz CT molecular complexity index is 499. The molecule has 1 N–H and O–H groups in total. The summed E-state index contributed by atoms with van der Waals surface area (Å²) in [5.74, 6) is -0.492. The number of ether oxygens (including phenoxy) is 2. The quantitative estimate of drug-likeness (QED) is 0.816. The van der Waals surface area contributed by atoms with E-state index in [4.69, 9.17) is 9.47 Å². The van der Waals surface area contributed by atoms with Crippen LogP contribution in [-0.4, -0.2) is 60.7 Å². The number of carbonyl (C=O) groups is 2. The molecule has 1 saturated heterocycles. The van der Waals surface area contributed by atoms with Gasteiger partial charge in [-0.1, -0.05) is 0 Å². The highest BCUT2D eigenvalue weighted by atomic mass is 32.1. The Morgan fingerprint density at radius 2 is 2.24 bits per heavy atom. The van der Waals surface area contributed by atoms with Crippen molar-refractivity contribution in [1.29, 1.82) is 0 Å². The SMILES string of the molecule is CCOC(=O)c1ncsc1NC(C)C(=O)N1CCOCC1. The van der Waals surface area contributed by atoms with Crippen molar-refractivity contribution in [2.45, 2.75) is 19.9 Å². The number of morpholine rings is 1. The zero-order chi connectivity index (χ0) is 15.2. The first-order chi connectivity index (χ1) is 10.1. The lowest BCUT2D eigenvalue weighted by atomic mass is 10.2. The molecule has 1 aliphatic rings. The highest BCUT2D eigenvalue weighted by molar-refractivity contribution is 7.14. The molecule has 1 aliphatic heterocycles. The van der Waals surface area contributed by atoms with E-state index >= 15 is 0 Å². The zero-order valence-electron chi connectivity index (χ0n) is 12.1. The van der Waals surface area contributed by atoms with Crippen molar-refractivity contribution >= 4 is 28.2 Å². The van der Waals surface area contributed by atoms with Crippen LogP contribution in [0.4, 0.5) is 5.00 Å². The minimum Gasteiger partial charge on any atom is -0.461 e. The summed E-state index contributed by atoms with van der Waals surface area (Å²) in [6, 6.07) is -0.434. The molecule has 1 aromatic rings. The van der Waals surface area contributed by atoms with Gasteiger partial charge in [-0.25, -0.2) is 9.78 Å². The van der Waals surface area contributed by atoms with Gasteiger partial charge in [0.15, 0.2) is 5.69 Å². The molecule has 1 amide bonds. The van der Waals surface area contributed by atoms with Crippen molar-refractivity contribution in [2.75, 3.05) is 38.2 Å². The molecular weight excluding hydrogens is 294 g/mol. The lowest BCUT2D eigenvalue weighted by Gasteiger charge is -2.29. The third kappa shape index (κ3) is 3.92. The topological polar surface area (TPSA) is 80.8 Å². The molecule has 2 heterocycles. The van der Waals surface area contributed by atoms with E-state index in [0.717, 1.165) is 0 Å². The van der Waals surface area contributed by atoms with Crippen LogP contribution in [0.3, 0.4) is 0 Å². The molecule has 1 unspecified atom stereocenters. The van der Waals surface area contributed by atoms with Crippen LogP contribution >= 0.6 is 11.3 Å². The van der Waals surface area contributed by atoms with Crippen LogP contribution in [0.2, 0.25) is 0 Å². The van der Waals surface area contributed by atoms with Gasteiger partial charge in [0.2, 0.25) is 5.91 Å². The number of nitrogens with zero attached hydrogens (tertiary/aromatic N) is 2. The van der Waals surface area contributed by atoms with Gasteiger partial charge in [-0.3, -0.25) is 4.79 Å². The van der Waals surface area contributed by atoms with Gasteiger partial charge in [0.05, 0.1) is 25.3 Å². The Balaban J connectivity index is 1.99. The van der Waals surface area contributed by atoms with Crippen molar-refractivity contribution in [3.05, 3.63) is 11.2 Å². The molecule has 1 aromatic heterocycles. The first kappa shape index (κ1) is 15.7. The van der Waals surface area contributed by atoms with Gasteiger partial charge in [-0.2, -0.15) is 0 Å². The molecule has 7 nitrogen and oxygen atoms in total. The molecule has 0 spiro atoms. The summed E-state index contributed by atoms with van der Waals surface area (Å²) in [6.45, 7) is 6.11. The normalized spacial score (nSPS) is 16.4. The number of aromatic nitrogens is 1. The van der Waals surface area contributed by atoms with Gasteiger partial charge < -0.3 is 19.7 Å². The third-order valence-electron chi connectivity index (χ3n) is 3.08. The van der Waals surface area contributed by atoms with E-state index < -0.39 is 12.0 Å². The maximum atomic E-state index is 12.3. The van der Waals surface area contributed by atoms with Gasteiger partial charge in [0.25, 0.3) is 0 Å². The van der Waals surface area contributed by atoms with Crippen molar-refractivity contribution in [2.24, 2.45) is 0 Å². The Morgan fingerprint density at radius 3 is 2.90 bits per heavy atom. The van der Waals surface area contributed by atoms with E-state index in [2.05, 4.69) is 10.3 Å². The lowest BCUT2D eigenvalue weighted by Crippen LogP contribution is -2.47. The number of hydrogen-bond acceptors (Lipinski definition) is 7. The number of carbonyl (C=O) groups excluding carboxylic acids is 2. The number of amides is 1. The molecule has 0 bridgehead atoms. The van der Waals surface area contributed by atoms with Crippen LogP contribution in [0, 0.1) is 0 Å². The molecule has 8 heteroatoms. The van der Waals surface area contributed by atoms with Crippen LogP contribution in [0.5, 0.6) is 0 Å². The van der Waals surface area contributed by atoms with Crippen molar-refractivity contribution in [3.8, 4) is 0 Å². The van der Waals surface area contributed by atoms with Crippen molar-refractivity contribution < 1.29 is 19.1 Å². The number of hydrogen-bond donors (Lipinski definition) is 1. The van der Waals surface area contributed by atoms with Crippen LogP contribution in [0.15, 0.2) is 5.51 Å². The first-order valence-electron chi connectivity index (χ1n) is 6.87. The molecule has 1 fully saturated rings. The van der Waals surface area contributed by atoms with E-state index in [9.17, 15) is 9.59 Å². The molecule has 0 radical (unpaired) electrons. The maximum absolute atomic E-state index is 12.3. The van der Waals surface area contributed by atoms with Crippen LogP contribution < -0.4 is 5.32 Å². The molecule has 1 atom stereocenters. The first-order valence-corrected chi connectivity index (χ1v) is 7.75. The molecule has 2 rings (SSSR count). The van der Waals surface area contributed by atoms with E-state index in [0.29, 0.717) is 31.3 Å². The standard InChI is InChI=1S/C13H19N3O4S/c1-3-20-13(18)10-11(21-8-14-10)15-9(2)12(17)16-4-6-19-7-5-16/h8-9,15H,3-7H2,1-2H3. The summed E-state index contributed by atoms with van der Waals surface area (Å²) < 4.78 is 10.2.